The van der Waals surface area contributed by atoms with Gasteiger partial charge in [-0.25, -0.2) is 8.42 Å². The summed E-state index contributed by atoms with van der Waals surface area (Å²) in [5, 5.41) is 2.30. The van der Waals surface area contributed by atoms with Crippen LogP contribution in [0.25, 0.3) is 10.8 Å². The molecule has 5 heteroatoms. The van der Waals surface area contributed by atoms with E-state index in [0.29, 0.717) is 6.54 Å². The smallest absolute Gasteiger partial charge is 0.153 e. The average molecular weight is 304 g/mol. The summed E-state index contributed by atoms with van der Waals surface area (Å²) < 4.78 is 23.6. The number of sulfone groups is 1. The molecule has 1 fully saturated rings. The lowest BCUT2D eigenvalue weighted by Crippen LogP contribution is -2.54. The zero-order valence-corrected chi connectivity index (χ0v) is 13.2. The number of aromatic nitrogens is 1. The van der Waals surface area contributed by atoms with Crippen molar-refractivity contribution in [3.8, 4) is 0 Å². The third-order valence-electron chi connectivity index (χ3n) is 4.18. The largest absolute Gasteiger partial charge is 0.292 e. The predicted molar refractivity (Wildman–Crippen MR) is 84.9 cm³/mol. The molecular weight excluding hydrogens is 284 g/mol. The lowest BCUT2D eigenvalue weighted by molar-refractivity contribution is 0.131. The number of hydrogen-bond donors (Lipinski definition) is 0. The summed E-state index contributed by atoms with van der Waals surface area (Å²) in [5.41, 5.74) is 0.894. The topological polar surface area (TPSA) is 50.3 Å². The molecule has 2 heterocycles. The number of fused-ring (bicyclic) bond motifs is 1. The van der Waals surface area contributed by atoms with Gasteiger partial charge in [-0.1, -0.05) is 12.1 Å². The Hall–Kier alpha value is -1.46. The number of benzene rings is 1. The normalized spacial score (nSPS) is 21.4. The first-order valence-electron chi connectivity index (χ1n) is 7.14. The Morgan fingerprint density at radius 1 is 1.24 bits per heavy atom. The van der Waals surface area contributed by atoms with Gasteiger partial charge >= 0.3 is 0 Å². The molecule has 3 rings (SSSR count). The molecule has 2 aromatic rings. The van der Waals surface area contributed by atoms with Crippen molar-refractivity contribution in [3.63, 3.8) is 0 Å². The monoisotopic (exact) mass is 304 g/mol. The number of nitrogens with zero attached hydrogens (tertiary/aromatic N) is 2. The standard InChI is InChI=1S/C16H20N2O2S/c1-16(2)12-21(19,20)8-7-18(16)11-13-3-4-15-10-17-6-5-14(15)9-13/h3-6,9-10H,7-8,11-12H2,1-2H3. The molecule has 1 saturated heterocycles. The van der Waals surface area contributed by atoms with Gasteiger partial charge in [0.05, 0.1) is 11.5 Å². The maximum atomic E-state index is 11.8. The van der Waals surface area contributed by atoms with Gasteiger partial charge in [0.2, 0.25) is 0 Å². The van der Waals surface area contributed by atoms with Crippen LogP contribution in [-0.2, 0) is 16.4 Å². The van der Waals surface area contributed by atoms with Crippen LogP contribution in [0.3, 0.4) is 0 Å². The van der Waals surface area contributed by atoms with E-state index in [4.69, 9.17) is 0 Å². The van der Waals surface area contributed by atoms with E-state index in [1.165, 1.54) is 10.9 Å². The van der Waals surface area contributed by atoms with Gasteiger partial charge in [-0.15, -0.1) is 0 Å². The molecule has 1 aromatic carbocycles. The SMILES string of the molecule is CC1(C)CS(=O)(=O)CCN1Cc1ccc2cnccc2c1. The van der Waals surface area contributed by atoms with Crippen LogP contribution < -0.4 is 0 Å². The molecule has 21 heavy (non-hydrogen) atoms. The molecule has 0 unspecified atom stereocenters. The first-order valence-corrected chi connectivity index (χ1v) is 8.96. The number of hydrogen-bond acceptors (Lipinski definition) is 4. The van der Waals surface area contributed by atoms with Crippen molar-refractivity contribution >= 4 is 20.6 Å². The van der Waals surface area contributed by atoms with E-state index in [-0.39, 0.29) is 17.0 Å². The Kier molecular flexibility index (Phi) is 3.50. The van der Waals surface area contributed by atoms with Gasteiger partial charge < -0.3 is 0 Å². The van der Waals surface area contributed by atoms with Gasteiger partial charge in [0.15, 0.2) is 9.84 Å². The van der Waals surface area contributed by atoms with Crippen molar-refractivity contribution < 1.29 is 8.42 Å². The summed E-state index contributed by atoms with van der Waals surface area (Å²) in [6.45, 7) is 5.40. The van der Waals surface area contributed by atoms with Gasteiger partial charge in [-0.2, -0.15) is 0 Å². The molecule has 0 aliphatic carbocycles. The van der Waals surface area contributed by atoms with Crippen molar-refractivity contribution in [1.82, 2.24) is 9.88 Å². The Labute approximate surface area is 125 Å². The van der Waals surface area contributed by atoms with E-state index in [1.807, 2.05) is 26.1 Å². The van der Waals surface area contributed by atoms with Crippen LogP contribution in [0.1, 0.15) is 19.4 Å². The van der Waals surface area contributed by atoms with Crippen molar-refractivity contribution in [3.05, 3.63) is 42.2 Å². The van der Waals surface area contributed by atoms with Gasteiger partial charge in [-0.3, -0.25) is 9.88 Å². The van der Waals surface area contributed by atoms with E-state index in [2.05, 4.69) is 28.1 Å². The maximum absolute atomic E-state index is 11.8. The minimum Gasteiger partial charge on any atom is -0.292 e. The van der Waals surface area contributed by atoms with Crippen LogP contribution in [-0.4, -0.2) is 41.9 Å². The van der Waals surface area contributed by atoms with Gasteiger partial charge in [-0.05, 0) is 36.9 Å². The van der Waals surface area contributed by atoms with Crippen molar-refractivity contribution in [2.75, 3.05) is 18.1 Å². The highest BCUT2D eigenvalue weighted by molar-refractivity contribution is 7.91. The van der Waals surface area contributed by atoms with Gasteiger partial charge in [0, 0.05) is 36.4 Å². The molecule has 0 radical (unpaired) electrons. The fourth-order valence-corrected chi connectivity index (χ4v) is 4.90. The summed E-state index contributed by atoms with van der Waals surface area (Å²) in [6, 6.07) is 8.34. The molecule has 4 nitrogen and oxygen atoms in total. The Morgan fingerprint density at radius 3 is 2.81 bits per heavy atom. The molecule has 112 valence electrons. The lowest BCUT2D eigenvalue weighted by Gasteiger charge is -2.42. The highest BCUT2D eigenvalue weighted by Gasteiger charge is 2.37. The highest BCUT2D eigenvalue weighted by atomic mass is 32.2. The minimum absolute atomic E-state index is 0.234. The van der Waals surface area contributed by atoms with E-state index < -0.39 is 9.84 Å². The molecule has 0 amide bonds. The molecule has 0 N–H and O–H groups in total. The second-order valence-electron chi connectivity index (χ2n) is 6.38. The molecule has 0 spiro atoms. The zero-order chi connectivity index (χ0) is 15.1. The molecular formula is C16H20N2O2S. The summed E-state index contributed by atoms with van der Waals surface area (Å²) in [7, 11) is -2.90. The Bertz CT molecular complexity index is 769. The molecule has 1 aliphatic rings. The quantitative estimate of drug-likeness (QED) is 0.854. The lowest BCUT2D eigenvalue weighted by atomic mass is 10.0. The van der Waals surface area contributed by atoms with Crippen LogP contribution in [0.5, 0.6) is 0 Å². The fraction of sp³-hybridized carbons (Fsp3) is 0.438. The summed E-state index contributed by atoms with van der Waals surface area (Å²) in [6.07, 6.45) is 3.65. The van der Waals surface area contributed by atoms with E-state index in [9.17, 15) is 8.42 Å². The second kappa shape index (κ2) is 5.07. The first-order chi connectivity index (χ1) is 9.86. The van der Waals surface area contributed by atoms with Crippen molar-refractivity contribution in [2.24, 2.45) is 0 Å². The van der Waals surface area contributed by atoms with Crippen LogP contribution in [0.2, 0.25) is 0 Å². The molecule has 0 saturated carbocycles. The first kappa shape index (κ1) is 14.5. The summed E-state index contributed by atoms with van der Waals surface area (Å²) in [5.74, 6) is 0.492. The third kappa shape index (κ3) is 3.09. The molecule has 1 aromatic heterocycles. The van der Waals surface area contributed by atoms with E-state index in [0.717, 1.165) is 11.9 Å². The van der Waals surface area contributed by atoms with E-state index >= 15 is 0 Å². The van der Waals surface area contributed by atoms with Gasteiger partial charge in [0.25, 0.3) is 0 Å². The van der Waals surface area contributed by atoms with Crippen LogP contribution in [0.15, 0.2) is 36.7 Å². The average Bonchev–Trinajstić information content (AvgIpc) is 2.40. The van der Waals surface area contributed by atoms with Crippen LogP contribution in [0, 0.1) is 0 Å². The minimum atomic E-state index is -2.90. The molecule has 0 bridgehead atoms. The highest BCUT2D eigenvalue weighted by Crippen LogP contribution is 2.25. The summed E-state index contributed by atoms with van der Waals surface area (Å²) in [4.78, 5) is 6.38. The van der Waals surface area contributed by atoms with Crippen LogP contribution >= 0.6 is 0 Å². The summed E-state index contributed by atoms with van der Waals surface area (Å²) >= 11 is 0. The third-order valence-corrected chi connectivity index (χ3v) is 6.13. The molecule has 1 aliphatic heterocycles. The Morgan fingerprint density at radius 2 is 2.05 bits per heavy atom. The van der Waals surface area contributed by atoms with E-state index in [1.54, 1.807) is 6.20 Å². The molecule has 0 atom stereocenters. The fourth-order valence-electron chi connectivity index (χ4n) is 3.00. The predicted octanol–water partition coefficient (Wildman–Crippen LogP) is 2.24. The van der Waals surface area contributed by atoms with Crippen LogP contribution in [0.4, 0.5) is 0 Å². The number of pyridine rings is 1. The van der Waals surface area contributed by atoms with Crippen molar-refractivity contribution in [1.29, 1.82) is 0 Å². The zero-order valence-electron chi connectivity index (χ0n) is 12.4. The van der Waals surface area contributed by atoms with Crippen molar-refractivity contribution in [2.45, 2.75) is 25.9 Å². The Balaban J connectivity index is 1.85. The van der Waals surface area contributed by atoms with Gasteiger partial charge in [0.1, 0.15) is 0 Å². The second-order valence-corrected chi connectivity index (χ2v) is 8.57. The number of rotatable bonds is 2. The maximum Gasteiger partial charge on any atom is 0.153 e.